The number of hydrogen-bond acceptors (Lipinski definition) is 8. The fourth-order valence-corrected chi connectivity index (χ4v) is 9.25. The quantitative estimate of drug-likeness (QED) is 0.129. The van der Waals surface area contributed by atoms with E-state index in [1.165, 1.54) is 0 Å². The fourth-order valence-electron chi connectivity index (χ4n) is 9.25. The molecule has 0 aromatic heterocycles. The Bertz CT molecular complexity index is 1030. The van der Waals surface area contributed by atoms with Gasteiger partial charge in [0.2, 0.25) is 0 Å². The highest BCUT2D eigenvalue weighted by Crippen LogP contribution is 2.37. The standard InChI is InChI=1S/C35H58F2N6O2/c1-2-9-28-30(18-19-38-34(44)24-12-5-7-14-26(24)36)42-32(40-28)22-10-3-4-11-23(22)33-41-29-17-16-21(20-31(29)43-33)39-35(45)25-13-6-8-15-27(25)37/h2-4,18,21-29,31-35,38-45H,1,5-17,19-20H2/b30-18+. The summed E-state index contributed by atoms with van der Waals surface area (Å²) in [5, 5.41) is 43.5. The van der Waals surface area contributed by atoms with E-state index in [0.29, 0.717) is 43.3 Å². The van der Waals surface area contributed by atoms with Crippen LogP contribution in [0.1, 0.15) is 89.9 Å². The molecular weight excluding hydrogens is 574 g/mol. The van der Waals surface area contributed by atoms with Crippen LogP contribution in [0.5, 0.6) is 0 Å². The van der Waals surface area contributed by atoms with E-state index in [-0.39, 0.29) is 36.3 Å². The van der Waals surface area contributed by atoms with Gasteiger partial charge in [0.1, 0.15) is 24.8 Å². The molecule has 3 saturated carbocycles. The minimum Gasteiger partial charge on any atom is -0.378 e. The van der Waals surface area contributed by atoms with Crippen molar-refractivity contribution in [2.75, 3.05) is 6.54 Å². The van der Waals surface area contributed by atoms with Gasteiger partial charge in [-0.25, -0.2) is 8.78 Å². The maximum atomic E-state index is 14.5. The number of halogens is 2. The van der Waals surface area contributed by atoms with Crippen molar-refractivity contribution in [2.45, 2.75) is 151 Å². The average Bonchev–Trinajstić information content (AvgIpc) is 3.65. The molecule has 6 rings (SSSR count). The molecule has 2 heterocycles. The number of hydrogen-bond donors (Lipinski definition) is 8. The molecule has 8 N–H and O–H groups in total. The Morgan fingerprint density at radius 2 is 1.47 bits per heavy atom. The molecule has 14 unspecified atom stereocenters. The zero-order chi connectivity index (χ0) is 31.3. The van der Waals surface area contributed by atoms with E-state index < -0.39 is 24.8 Å². The lowest BCUT2D eigenvalue weighted by molar-refractivity contribution is -0.00258. The Kier molecular flexibility index (Phi) is 11.7. The second-order valence-electron chi connectivity index (χ2n) is 14.7. The number of nitrogens with one attached hydrogen (secondary N) is 6. The van der Waals surface area contributed by atoms with Crippen LogP contribution in [0, 0.1) is 23.7 Å². The number of alkyl halides is 2. The lowest BCUT2D eigenvalue weighted by Gasteiger charge is -2.37. The minimum absolute atomic E-state index is 0.106. The van der Waals surface area contributed by atoms with E-state index in [4.69, 9.17) is 0 Å². The van der Waals surface area contributed by atoms with E-state index in [9.17, 15) is 19.0 Å². The fraction of sp³-hybridized carbons (Fsp3) is 0.829. The first-order valence-corrected chi connectivity index (χ1v) is 18.1. The molecule has 0 amide bonds. The van der Waals surface area contributed by atoms with Crippen molar-refractivity contribution in [3.05, 3.63) is 36.6 Å². The third-order valence-electron chi connectivity index (χ3n) is 11.8. The molecule has 6 aliphatic rings. The maximum Gasteiger partial charge on any atom is 0.110 e. The van der Waals surface area contributed by atoms with Gasteiger partial charge in [-0.2, -0.15) is 0 Å². The summed E-state index contributed by atoms with van der Waals surface area (Å²) in [6.45, 7) is 4.47. The Morgan fingerprint density at radius 1 is 0.822 bits per heavy atom. The van der Waals surface area contributed by atoms with Crippen LogP contribution in [0.15, 0.2) is 36.6 Å². The summed E-state index contributed by atoms with van der Waals surface area (Å²) in [5.74, 6) is 0.150. The zero-order valence-corrected chi connectivity index (χ0v) is 26.9. The van der Waals surface area contributed by atoms with E-state index in [0.717, 1.165) is 82.7 Å². The first-order valence-electron chi connectivity index (χ1n) is 18.1. The predicted octanol–water partition coefficient (Wildman–Crippen LogP) is 3.60. The largest absolute Gasteiger partial charge is 0.378 e. The molecule has 14 atom stereocenters. The lowest BCUT2D eigenvalue weighted by atomic mass is 9.79. The molecule has 2 aliphatic heterocycles. The van der Waals surface area contributed by atoms with Gasteiger partial charge in [0.15, 0.2) is 0 Å². The second kappa shape index (κ2) is 15.7. The van der Waals surface area contributed by atoms with Crippen LogP contribution in [-0.2, 0) is 0 Å². The molecule has 254 valence electrons. The molecule has 0 aromatic rings. The average molecular weight is 633 g/mol. The molecule has 2 saturated heterocycles. The van der Waals surface area contributed by atoms with Crippen LogP contribution >= 0.6 is 0 Å². The molecule has 5 fully saturated rings. The normalized spacial score (nSPS) is 44.3. The number of aliphatic hydroxyl groups is 2. The molecule has 4 aliphatic carbocycles. The summed E-state index contributed by atoms with van der Waals surface area (Å²) in [4.78, 5) is 0. The second-order valence-corrected chi connectivity index (χ2v) is 14.7. The topological polar surface area (TPSA) is 113 Å². The molecule has 0 bridgehead atoms. The number of fused-ring (bicyclic) bond motifs is 1. The molecule has 0 aromatic carbocycles. The van der Waals surface area contributed by atoms with Crippen LogP contribution in [0.3, 0.4) is 0 Å². The van der Waals surface area contributed by atoms with Crippen molar-refractivity contribution in [2.24, 2.45) is 23.7 Å². The van der Waals surface area contributed by atoms with Crippen molar-refractivity contribution >= 4 is 0 Å². The highest BCUT2D eigenvalue weighted by molar-refractivity contribution is 5.20. The summed E-state index contributed by atoms with van der Waals surface area (Å²) >= 11 is 0. The van der Waals surface area contributed by atoms with Gasteiger partial charge in [-0.05, 0) is 76.2 Å². The minimum atomic E-state index is -0.935. The van der Waals surface area contributed by atoms with Gasteiger partial charge in [-0.1, -0.05) is 43.9 Å². The van der Waals surface area contributed by atoms with Crippen LogP contribution in [0.25, 0.3) is 0 Å². The van der Waals surface area contributed by atoms with Gasteiger partial charge in [-0.15, -0.1) is 6.58 Å². The lowest BCUT2D eigenvalue weighted by Crippen LogP contribution is -2.52. The smallest absolute Gasteiger partial charge is 0.110 e. The number of rotatable bonds is 11. The molecule has 45 heavy (non-hydrogen) atoms. The van der Waals surface area contributed by atoms with Crippen molar-refractivity contribution in [3.63, 3.8) is 0 Å². The van der Waals surface area contributed by atoms with E-state index >= 15 is 0 Å². The van der Waals surface area contributed by atoms with Gasteiger partial charge in [0, 0.05) is 48.1 Å². The van der Waals surface area contributed by atoms with Gasteiger partial charge in [0.25, 0.3) is 0 Å². The van der Waals surface area contributed by atoms with Crippen LogP contribution < -0.4 is 31.9 Å². The molecule has 8 nitrogen and oxygen atoms in total. The zero-order valence-electron chi connectivity index (χ0n) is 26.9. The highest BCUT2D eigenvalue weighted by atomic mass is 19.1. The first kappa shape index (κ1) is 33.5. The molecule has 10 heteroatoms. The van der Waals surface area contributed by atoms with Crippen LogP contribution in [0.2, 0.25) is 0 Å². The Labute approximate surface area is 268 Å². The van der Waals surface area contributed by atoms with Gasteiger partial charge in [0.05, 0.1) is 18.4 Å². The van der Waals surface area contributed by atoms with Gasteiger partial charge >= 0.3 is 0 Å². The highest BCUT2D eigenvalue weighted by Gasteiger charge is 2.46. The van der Waals surface area contributed by atoms with E-state index in [1.807, 2.05) is 6.08 Å². The Morgan fingerprint density at radius 3 is 2.16 bits per heavy atom. The van der Waals surface area contributed by atoms with E-state index in [1.54, 1.807) is 0 Å². The summed E-state index contributed by atoms with van der Waals surface area (Å²) in [5.41, 5.74) is 1.11. The van der Waals surface area contributed by atoms with Gasteiger partial charge < -0.3 is 15.5 Å². The van der Waals surface area contributed by atoms with Crippen molar-refractivity contribution in [3.8, 4) is 0 Å². The predicted molar refractivity (Wildman–Crippen MR) is 174 cm³/mol. The summed E-state index contributed by atoms with van der Waals surface area (Å²) in [6.07, 6.45) is 17.7. The van der Waals surface area contributed by atoms with Crippen LogP contribution in [0.4, 0.5) is 8.78 Å². The number of aliphatic hydroxyl groups excluding tert-OH is 2. The maximum absolute atomic E-state index is 14.5. The molecular formula is C35H58F2N6O2. The monoisotopic (exact) mass is 632 g/mol. The summed E-state index contributed by atoms with van der Waals surface area (Å²) in [6, 6.07) is 1.04. The SMILES string of the molecule is C=CCC1NC(C2CC=CCC2C2NC3CCC(NC(O)C4CCCCC4F)CC3N2)N/C1=C/CNC(O)C1CCCCC1F. The Balaban J connectivity index is 1.04. The van der Waals surface area contributed by atoms with Crippen LogP contribution in [-0.4, -0.2) is 78.1 Å². The molecule has 0 spiro atoms. The summed E-state index contributed by atoms with van der Waals surface area (Å²) < 4.78 is 28.9. The third-order valence-corrected chi connectivity index (χ3v) is 11.8. The number of allylic oxidation sites excluding steroid dienone is 2. The van der Waals surface area contributed by atoms with Crippen molar-refractivity contribution in [1.82, 2.24) is 31.9 Å². The van der Waals surface area contributed by atoms with Crippen molar-refractivity contribution < 1.29 is 19.0 Å². The third kappa shape index (κ3) is 8.02. The van der Waals surface area contributed by atoms with Crippen molar-refractivity contribution in [1.29, 1.82) is 0 Å². The van der Waals surface area contributed by atoms with E-state index in [2.05, 4.69) is 56.7 Å². The van der Waals surface area contributed by atoms with Gasteiger partial charge in [-0.3, -0.25) is 26.6 Å². The molecule has 0 radical (unpaired) electrons. The Hall–Kier alpha value is -1.40. The summed E-state index contributed by atoms with van der Waals surface area (Å²) in [7, 11) is 0. The first-order chi connectivity index (χ1) is 21.9.